The van der Waals surface area contributed by atoms with Gasteiger partial charge in [-0.05, 0) is 43.4 Å². The van der Waals surface area contributed by atoms with Crippen molar-refractivity contribution in [3.8, 4) is 11.4 Å². The molecule has 0 atom stereocenters. The summed E-state index contributed by atoms with van der Waals surface area (Å²) in [5.41, 5.74) is 0.911. The smallest absolute Gasteiger partial charge is 0.387 e. The highest BCUT2D eigenvalue weighted by molar-refractivity contribution is 5.74. The maximum absolute atomic E-state index is 13.2. The summed E-state index contributed by atoms with van der Waals surface area (Å²) in [6.07, 6.45) is 9.85. The van der Waals surface area contributed by atoms with Gasteiger partial charge in [-0.25, -0.2) is 9.67 Å². The maximum Gasteiger partial charge on any atom is 0.387 e. The summed E-state index contributed by atoms with van der Waals surface area (Å²) in [6, 6.07) is 7.02. The molecule has 0 unspecified atom stereocenters. The molecule has 10 nitrogen and oxygen atoms in total. The lowest BCUT2D eigenvalue weighted by atomic mass is 9.91. The third-order valence-corrected chi connectivity index (χ3v) is 7.11. The van der Waals surface area contributed by atoms with Crippen molar-refractivity contribution in [2.24, 2.45) is 0 Å². The Morgan fingerprint density at radius 2 is 1.86 bits per heavy atom. The second-order valence-corrected chi connectivity index (χ2v) is 9.90. The number of alkyl halides is 2. The summed E-state index contributed by atoms with van der Waals surface area (Å²) in [5.74, 6) is 0.127. The van der Waals surface area contributed by atoms with Gasteiger partial charge in [0.15, 0.2) is 5.65 Å². The zero-order valence-electron chi connectivity index (χ0n) is 20.1. The van der Waals surface area contributed by atoms with Crippen LogP contribution in [0.4, 0.5) is 8.78 Å². The summed E-state index contributed by atoms with van der Waals surface area (Å²) in [5, 5.41) is 20.4. The Morgan fingerprint density at radius 1 is 1.11 bits per heavy atom. The number of piperidine rings is 1. The van der Waals surface area contributed by atoms with Gasteiger partial charge in [-0.1, -0.05) is 12.1 Å². The second kappa shape index (κ2) is 9.34. The average molecular weight is 512 g/mol. The predicted octanol–water partition coefficient (Wildman–Crippen LogP) is 2.74. The third-order valence-electron chi connectivity index (χ3n) is 7.11. The first-order valence-electron chi connectivity index (χ1n) is 12.3. The van der Waals surface area contributed by atoms with Gasteiger partial charge in [-0.15, -0.1) is 0 Å². The van der Waals surface area contributed by atoms with E-state index in [-0.39, 0.29) is 17.9 Å². The Balaban J connectivity index is 1.11. The van der Waals surface area contributed by atoms with Crippen LogP contribution in [0.1, 0.15) is 37.3 Å². The molecule has 0 amide bonds. The number of aromatic nitrogens is 6. The van der Waals surface area contributed by atoms with Crippen LogP contribution in [0.15, 0.2) is 54.0 Å². The van der Waals surface area contributed by atoms with Crippen LogP contribution in [0.25, 0.3) is 16.7 Å². The zero-order chi connectivity index (χ0) is 25.6. The molecule has 4 aromatic rings. The molecule has 2 aliphatic rings. The fraction of sp³-hybridized carbons (Fsp3) is 0.440. The standard InChI is InChI=1S/C25H27F2N7O3/c26-24(27)37-20-5-1-17(2-6-20)13-31-9-7-25(36,8-10-31)15-32-16-28-22-21(23(32)35)12-30-34(22)19-11-29-33(14-19)18-3-4-18/h1-2,5-6,11-12,14,16,18,24,36H,3-4,7-10,13,15H2. The molecule has 6 rings (SSSR count). The van der Waals surface area contributed by atoms with Gasteiger partial charge in [0.05, 0.1) is 36.8 Å². The van der Waals surface area contributed by atoms with E-state index in [2.05, 4.69) is 24.8 Å². The molecule has 1 saturated heterocycles. The SMILES string of the molecule is O=c1c2cnn(-c3cnn(C4CC4)c3)c2ncn1CC1(O)CCN(Cc2ccc(OC(F)F)cc2)CC1. The second-order valence-electron chi connectivity index (χ2n) is 9.90. The van der Waals surface area contributed by atoms with Crippen molar-refractivity contribution in [1.82, 2.24) is 34.0 Å². The van der Waals surface area contributed by atoms with Gasteiger partial charge < -0.3 is 9.84 Å². The summed E-state index contributed by atoms with van der Waals surface area (Å²) in [4.78, 5) is 19.9. The molecular weight excluding hydrogens is 484 g/mol. The summed E-state index contributed by atoms with van der Waals surface area (Å²) >= 11 is 0. The van der Waals surface area contributed by atoms with Crippen molar-refractivity contribution in [3.05, 3.63) is 65.1 Å². The number of fused-ring (bicyclic) bond motifs is 1. The van der Waals surface area contributed by atoms with Crippen LogP contribution in [0.2, 0.25) is 0 Å². The van der Waals surface area contributed by atoms with E-state index in [9.17, 15) is 18.7 Å². The highest BCUT2D eigenvalue weighted by Gasteiger charge is 2.33. The Kier molecular flexibility index (Phi) is 6.00. The predicted molar refractivity (Wildman–Crippen MR) is 130 cm³/mol. The first-order valence-corrected chi connectivity index (χ1v) is 12.3. The van der Waals surface area contributed by atoms with Crippen molar-refractivity contribution in [2.45, 2.75) is 57.0 Å². The van der Waals surface area contributed by atoms with E-state index < -0.39 is 12.2 Å². The molecule has 1 N–H and O–H groups in total. The topological polar surface area (TPSA) is 103 Å². The number of aliphatic hydroxyl groups is 1. The van der Waals surface area contributed by atoms with Crippen molar-refractivity contribution in [3.63, 3.8) is 0 Å². The monoisotopic (exact) mass is 511 g/mol. The summed E-state index contributed by atoms with van der Waals surface area (Å²) in [7, 11) is 0. The van der Waals surface area contributed by atoms with Crippen LogP contribution in [-0.2, 0) is 13.1 Å². The van der Waals surface area contributed by atoms with Gasteiger partial charge >= 0.3 is 6.61 Å². The molecule has 1 aromatic carbocycles. The van der Waals surface area contributed by atoms with Gasteiger partial charge in [-0.2, -0.15) is 19.0 Å². The first-order chi connectivity index (χ1) is 17.9. The number of ether oxygens (including phenoxy) is 1. The Hall–Kier alpha value is -3.64. The molecule has 37 heavy (non-hydrogen) atoms. The molecule has 2 fully saturated rings. The lowest BCUT2D eigenvalue weighted by Gasteiger charge is -2.38. The maximum atomic E-state index is 13.2. The molecule has 194 valence electrons. The Morgan fingerprint density at radius 3 is 2.57 bits per heavy atom. The van der Waals surface area contributed by atoms with E-state index in [0.717, 1.165) is 24.1 Å². The minimum atomic E-state index is -2.85. The third kappa shape index (κ3) is 4.98. The van der Waals surface area contributed by atoms with Crippen LogP contribution >= 0.6 is 0 Å². The van der Waals surface area contributed by atoms with Gasteiger partial charge in [-0.3, -0.25) is 18.9 Å². The lowest BCUT2D eigenvalue weighted by Crippen LogP contribution is -2.47. The quantitative estimate of drug-likeness (QED) is 0.388. The van der Waals surface area contributed by atoms with Gasteiger partial charge in [0, 0.05) is 19.6 Å². The van der Waals surface area contributed by atoms with E-state index in [1.165, 1.54) is 29.2 Å². The van der Waals surface area contributed by atoms with E-state index in [0.29, 0.717) is 49.6 Å². The number of hydrogen-bond donors (Lipinski definition) is 1. The number of nitrogens with zero attached hydrogens (tertiary/aromatic N) is 7. The average Bonchev–Trinajstić information content (AvgIpc) is 3.44. The largest absolute Gasteiger partial charge is 0.435 e. The number of halogens is 2. The van der Waals surface area contributed by atoms with Crippen molar-refractivity contribution in [1.29, 1.82) is 0 Å². The van der Waals surface area contributed by atoms with Gasteiger partial charge in [0.2, 0.25) is 0 Å². The number of rotatable bonds is 8. The molecular formula is C25H27F2N7O3. The van der Waals surface area contributed by atoms with Crippen LogP contribution in [0.3, 0.4) is 0 Å². The highest BCUT2D eigenvalue weighted by Crippen LogP contribution is 2.34. The minimum absolute atomic E-state index is 0.127. The molecule has 3 aromatic heterocycles. The number of benzene rings is 1. The van der Waals surface area contributed by atoms with Crippen molar-refractivity contribution in [2.75, 3.05) is 13.1 Å². The lowest BCUT2D eigenvalue weighted by molar-refractivity contribution is -0.0498. The molecule has 12 heteroatoms. The Bertz CT molecular complexity index is 1450. The first kappa shape index (κ1) is 23.7. The van der Waals surface area contributed by atoms with E-state index in [1.54, 1.807) is 23.0 Å². The fourth-order valence-electron chi connectivity index (χ4n) is 4.86. The van der Waals surface area contributed by atoms with Crippen LogP contribution in [0.5, 0.6) is 5.75 Å². The van der Waals surface area contributed by atoms with E-state index in [4.69, 9.17) is 0 Å². The summed E-state index contributed by atoms with van der Waals surface area (Å²) in [6.45, 7) is -0.789. The van der Waals surface area contributed by atoms with Gasteiger partial charge in [0.1, 0.15) is 23.2 Å². The number of hydrogen-bond acceptors (Lipinski definition) is 7. The molecule has 0 bridgehead atoms. The summed E-state index contributed by atoms with van der Waals surface area (Å²) < 4.78 is 34.1. The zero-order valence-corrected chi connectivity index (χ0v) is 20.1. The Labute approximate surface area is 210 Å². The minimum Gasteiger partial charge on any atom is -0.435 e. The van der Waals surface area contributed by atoms with E-state index in [1.807, 2.05) is 10.9 Å². The van der Waals surface area contributed by atoms with Gasteiger partial charge in [0.25, 0.3) is 5.56 Å². The molecule has 1 aliphatic heterocycles. The van der Waals surface area contributed by atoms with Crippen LogP contribution in [0, 0.1) is 0 Å². The van der Waals surface area contributed by atoms with Crippen LogP contribution in [-0.4, -0.2) is 64.4 Å². The normalized spacial score (nSPS) is 18.1. The molecule has 1 aliphatic carbocycles. The molecule has 0 radical (unpaired) electrons. The molecule has 0 spiro atoms. The molecule has 4 heterocycles. The number of likely N-dealkylation sites (tertiary alicyclic amines) is 1. The molecule has 1 saturated carbocycles. The highest BCUT2D eigenvalue weighted by atomic mass is 19.3. The van der Waals surface area contributed by atoms with Crippen LogP contribution < -0.4 is 10.3 Å². The fourth-order valence-corrected chi connectivity index (χ4v) is 4.86. The van der Waals surface area contributed by atoms with Crippen molar-refractivity contribution < 1.29 is 18.6 Å². The van der Waals surface area contributed by atoms with Crippen molar-refractivity contribution >= 4 is 11.0 Å². The van der Waals surface area contributed by atoms with E-state index >= 15 is 0 Å².